The van der Waals surface area contributed by atoms with Crippen LogP contribution < -0.4 is 14.8 Å². The van der Waals surface area contributed by atoms with E-state index in [0.29, 0.717) is 24.5 Å². The summed E-state index contributed by atoms with van der Waals surface area (Å²) in [6, 6.07) is 14.6. The Labute approximate surface area is 157 Å². The Balaban J connectivity index is 1.59. The normalized spacial score (nSPS) is 15.7. The molecule has 0 saturated heterocycles. The number of nitrogens with one attached hydrogen (secondary N) is 1. The molecule has 0 fully saturated rings. The molecule has 1 N–H and O–H groups in total. The third-order valence-corrected chi connectivity index (χ3v) is 4.12. The Bertz CT molecular complexity index is 840. The van der Waals surface area contributed by atoms with E-state index in [4.69, 9.17) is 14.2 Å². The predicted molar refractivity (Wildman–Crippen MR) is 99.3 cm³/mol. The van der Waals surface area contributed by atoms with Crippen molar-refractivity contribution in [2.75, 3.05) is 7.11 Å². The molecule has 0 radical (unpaired) electrons. The fourth-order valence-corrected chi connectivity index (χ4v) is 2.79. The first-order valence-corrected chi connectivity index (χ1v) is 8.58. The molecule has 1 aliphatic heterocycles. The van der Waals surface area contributed by atoms with E-state index in [0.717, 1.165) is 16.9 Å². The fourth-order valence-electron chi connectivity index (χ4n) is 2.79. The van der Waals surface area contributed by atoms with E-state index in [2.05, 4.69) is 5.32 Å². The number of hydrogen-bond donors (Lipinski definition) is 1. The zero-order valence-electron chi connectivity index (χ0n) is 15.2. The van der Waals surface area contributed by atoms with Gasteiger partial charge in [0.05, 0.1) is 13.2 Å². The minimum absolute atomic E-state index is 0.159. The van der Waals surface area contributed by atoms with Gasteiger partial charge in [-0.2, -0.15) is 0 Å². The van der Waals surface area contributed by atoms with Crippen molar-refractivity contribution >= 4 is 11.9 Å². The van der Waals surface area contributed by atoms with Crippen LogP contribution in [0.3, 0.4) is 0 Å². The van der Waals surface area contributed by atoms with E-state index in [1.807, 2.05) is 36.4 Å². The summed E-state index contributed by atoms with van der Waals surface area (Å²) in [6.07, 6.45) is 2.12. The van der Waals surface area contributed by atoms with Crippen LogP contribution in [0.1, 0.15) is 18.1 Å². The molecule has 2 aromatic carbocycles. The van der Waals surface area contributed by atoms with Crippen molar-refractivity contribution in [2.45, 2.75) is 26.0 Å². The minimum Gasteiger partial charge on any atom is -0.497 e. The first-order valence-electron chi connectivity index (χ1n) is 8.58. The maximum absolute atomic E-state index is 11.8. The number of amides is 1. The van der Waals surface area contributed by atoms with E-state index >= 15 is 0 Å². The second-order valence-corrected chi connectivity index (χ2v) is 6.19. The van der Waals surface area contributed by atoms with Crippen molar-refractivity contribution in [3.05, 3.63) is 71.5 Å². The molecular weight excluding hydrogens is 346 g/mol. The molecule has 0 aromatic heterocycles. The van der Waals surface area contributed by atoms with Gasteiger partial charge in [-0.25, -0.2) is 0 Å². The summed E-state index contributed by atoms with van der Waals surface area (Å²) < 4.78 is 16.0. The highest BCUT2D eigenvalue weighted by atomic mass is 16.5. The van der Waals surface area contributed by atoms with Crippen molar-refractivity contribution in [1.29, 1.82) is 0 Å². The SMILES string of the molecule is COc1ccc(CC2NC(=O)C=C2OCc2ccc(OC(C)=O)cc2)cc1. The molecule has 0 bridgehead atoms. The number of rotatable bonds is 7. The van der Waals surface area contributed by atoms with E-state index in [1.165, 1.54) is 13.0 Å². The lowest BCUT2D eigenvalue weighted by atomic mass is 10.1. The molecule has 6 nitrogen and oxygen atoms in total. The Morgan fingerprint density at radius 1 is 1.00 bits per heavy atom. The quantitative estimate of drug-likeness (QED) is 0.602. The van der Waals surface area contributed by atoms with E-state index in [-0.39, 0.29) is 17.9 Å². The molecule has 140 valence electrons. The molecule has 1 heterocycles. The lowest BCUT2D eigenvalue weighted by Gasteiger charge is -2.17. The molecule has 0 spiro atoms. The second kappa shape index (κ2) is 8.40. The lowest BCUT2D eigenvalue weighted by Crippen LogP contribution is -2.31. The monoisotopic (exact) mass is 367 g/mol. The molecule has 0 aliphatic carbocycles. The van der Waals surface area contributed by atoms with E-state index in [9.17, 15) is 9.59 Å². The number of carbonyl (C=O) groups excluding carboxylic acids is 2. The Hall–Kier alpha value is -3.28. The van der Waals surface area contributed by atoms with Crippen LogP contribution in [0.15, 0.2) is 60.4 Å². The summed E-state index contributed by atoms with van der Waals surface area (Å²) >= 11 is 0. The number of esters is 1. The van der Waals surface area contributed by atoms with Gasteiger partial charge in [0.2, 0.25) is 5.91 Å². The van der Waals surface area contributed by atoms with Gasteiger partial charge in [0, 0.05) is 13.0 Å². The molecule has 1 aliphatic rings. The Kier molecular flexibility index (Phi) is 5.76. The van der Waals surface area contributed by atoms with Crippen molar-refractivity contribution in [1.82, 2.24) is 5.32 Å². The first-order chi connectivity index (χ1) is 13.0. The van der Waals surface area contributed by atoms with Gasteiger partial charge >= 0.3 is 5.97 Å². The number of benzene rings is 2. The molecule has 1 unspecified atom stereocenters. The highest BCUT2D eigenvalue weighted by Gasteiger charge is 2.25. The van der Waals surface area contributed by atoms with E-state index < -0.39 is 0 Å². The molecule has 6 heteroatoms. The maximum Gasteiger partial charge on any atom is 0.308 e. The van der Waals surface area contributed by atoms with Gasteiger partial charge < -0.3 is 19.5 Å². The summed E-state index contributed by atoms with van der Waals surface area (Å²) in [5.41, 5.74) is 1.98. The second-order valence-electron chi connectivity index (χ2n) is 6.19. The smallest absolute Gasteiger partial charge is 0.308 e. The topological polar surface area (TPSA) is 73.9 Å². The van der Waals surface area contributed by atoms with E-state index in [1.54, 1.807) is 19.2 Å². The van der Waals surface area contributed by atoms with Crippen LogP contribution in [0, 0.1) is 0 Å². The fraction of sp³-hybridized carbons (Fsp3) is 0.238. The molecule has 1 atom stereocenters. The summed E-state index contributed by atoms with van der Waals surface area (Å²) in [7, 11) is 1.62. The average molecular weight is 367 g/mol. The van der Waals surface area contributed by atoms with Crippen LogP contribution in [0.4, 0.5) is 0 Å². The van der Waals surface area contributed by atoms with Crippen LogP contribution in [-0.2, 0) is 27.4 Å². The lowest BCUT2D eigenvalue weighted by molar-refractivity contribution is -0.131. The molecule has 27 heavy (non-hydrogen) atoms. The third-order valence-electron chi connectivity index (χ3n) is 4.12. The summed E-state index contributed by atoms with van der Waals surface area (Å²) in [5, 5.41) is 2.90. The Morgan fingerprint density at radius 2 is 1.63 bits per heavy atom. The zero-order valence-corrected chi connectivity index (χ0v) is 15.2. The zero-order chi connectivity index (χ0) is 19.2. The summed E-state index contributed by atoms with van der Waals surface area (Å²) in [5.74, 6) is 1.37. The van der Waals surface area contributed by atoms with Crippen molar-refractivity contribution in [2.24, 2.45) is 0 Å². The van der Waals surface area contributed by atoms with Crippen LogP contribution >= 0.6 is 0 Å². The Morgan fingerprint density at radius 3 is 2.26 bits per heavy atom. The average Bonchev–Trinajstić information content (AvgIpc) is 3.00. The molecular formula is C21H21NO5. The van der Waals surface area contributed by atoms with Crippen LogP contribution in [-0.4, -0.2) is 25.0 Å². The largest absolute Gasteiger partial charge is 0.497 e. The van der Waals surface area contributed by atoms with Gasteiger partial charge in [0.15, 0.2) is 0 Å². The molecule has 3 rings (SSSR count). The molecule has 0 saturated carbocycles. The van der Waals surface area contributed by atoms with Gasteiger partial charge in [0.25, 0.3) is 0 Å². The van der Waals surface area contributed by atoms with Gasteiger partial charge in [-0.3, -0.25) is 9.59 Å². The standard InChI is InChI=1S/C21H21NO5/c1-14(23)27-18-9-5-16(6-10-18)13-26-20-12-21(24)22-19(20)11-15-3-7-17(25-2)8-4-15/h3-10,12,19H,11,13H2,1-2H3,(H,22,24). The maximum atomic E-state index is 11.8. The minimum atomic E-state index is -0.360. The number of carbonyl (C=O) groups is 2. The van der Waals surface area contributed by atoms with Crippen LogP contribution in [0.2, 0.25) is 0 Å². The summed E-state index contributed by atoms with van der Waals surface area (Å²) in [6.45, 7) is 1.68. The molecule has 1 amide bonds. The predicted octanol–water partition coefficient (Wildman–Crippen LogP) is 2.76. The number of hydrogen-bond acceptors (Lipinski definition) is 5. The van der Waals surface area contributed by atoms with Gasteiger partial charge in [0.1, 0.15) is 23.9 Å². The summed E-state index contributed by atoms with van der Waals surface area (Å²) in [4.78, 5) is 22.7. The number of methoxy groups -OCH3 is 1. The van der Waals surface area contributed by atoms with Gasteiger partial charge in [-0.1, -0.05) is 24.3 Å². The van der Waals surface area contributed by atoms with Crippen molar-refractivity contribution in [3.63, 3.8) is 0 Å². The number of ether oxygens (including phenoxy) is 3. The van der Waals surface area contributed by atoms with Gasteiger partial charge in [-0.15, -0.1) is 0 Å². The van der Waals surface area contributed by atoms with Crippen molar-refractivity contribution in [3.8, 4) is 11.5 Å². The highest BCUT2D eigenvalue weighted by molar-refractivity contribution is 5.91. The van der Waals surface area contributed by atoms with Crippen LogP contribution in [0.25, 0.3) is 0 Å². The van der Waals surface area contributed by atoms with Gasteiger partial charge in [-0.05, 0) is 41.8 Å². The molecule has 2 aromatic rings. The highest BCUT2D eigenvalue weighted by Crippen LogP contribution is 2.20. The van der Waals surface area contributed by atoms with Crippen LogP contribution in [0.5, 0.6) is 11.5 Å². The first kappa shape index (κ1) is 18.5. The van der Waals surface area contributed by atoms with Crippen molar-refractivity contribution < 1.29 is 23.8 Å². The third kappa shape index (κ3) is 5.10.